The molecule has 0 saturated carbocycles. The fraction of sp³-hybridized carbons (Fsp3) is 1.00. The van der Waals surface area contributed by atoms with Crippen molar-refractivity contribution in [2.45, 2.75) is 32.8 Å². The average Bonchev–Trinajstić information content (AvgIpc) is 2.36. The third-order valence-electron chi connectivity index (χ3n) is 3.35. The summed E-state index contributed by atoms with van der Waals surface area (Å²) in [4.78, 5) is 4.97. The second-order valence-corrected chi connectivity index (χ2v) is 4.83. The van der Waals surface area contributed by atoms with Crippen LogP contribution in [0.5, 0.6) is 0 Å². The first-order chi connectivity index (χ1) is 8.30. The van der Waals surface area contributed by atoms with E-state index in [0.717, 1.165) is 58.8 Å². The molecule has 0 aromatic rings. The maximum absolute atomic E-state index is 5.85. The van der Waals surface area contributed by atoms with Gasteiger partial charge in [-0.25, -0.2) is 0 Å². The summed E-state index contributed by atoms with van der Waals surface area (Å²) >= 11 is 0. The fourth-order valence-electron chi connectivity index (χ4n) is 2.39. The van der Waals surface area contributed by atoms with Gasteiger partial charge in [-0.05, 0) is 39.0 Å². The van der Waals surface area contributed by atoms with E-state index in [0.29, 0.717) is 6.10 Å². The molecular formula is C13H29N3O. The number of morpholine rings is 1. The van der Waals surface area contributed by atoms with Crippen molar-refractivity contribution < 1.29 is 4.74 Å². The van der Waals surface area contributed by atoms with Gasteiger partial charge in [-0.15, -0.1) is 0 Å². The van der Waals surface area contributed by atoms with Gasteiger partial charge >= 0.3 is 0 Å². The van der Waals surface area contributed by atoms with Crippen LogP contribution in [-0.4, -0.2) is 68.3 Å². The van der Waals surface area contributed by atoms with Gasteiger partial charge in [0.05, 0.1) is 12.7 Å². The predicted molar refractivity (Wildman–Crippen MR) is 72.3 cm³/mol. The number of nitrogens with two attached hydrogens (primary N) is 1. The third-order valence-corrected chi connectivity index (χ3v) is 3.35. The zero-order valence-electron chi connectivity index (χ0n) is 11.5. The van der Waals surface area contributed by atoms with Gasteiger partial charge in [-0.2, -0.15) is 0 Å². The van der Waals surface area contributed by atoms with E-state index in [2.05, 4.69) is 23.6 Å². The van der Waals surface area contributed by atoms with Gasteiger partial charge in [0.15, 0.2) is 0 Å². The molecule has 17 heavy (non-hydrogen) atoms. The summed E-state index contributed by atoms with van der Waals surface area (Å²) < 4.78 is 5.85. The molecule has 0 aromatic heterocycles. The Morgan fingerprint density at radius 2 is 2.18 bits per heavy atom. The summed E-state index contributed by atoms with van der Waals surface area (Å²) in [6, 6.07) is 0. The van der Waals surface area contributed by atoms with Crippen molar-refractivity contribution in [2.24, 2.45) is 5.73 Å². The number of hydrogen-bond acceptors (Lipinski definition) is 4. The van der Waals surface area contributed by atoms with Crippen LogP contribution in [0.25, 0.3) is 0 Å². The summed E-state index contributed by atoms with van der Waals surface area (Å²) in [5.74, 6) is 0. The van der Waals surface area contributed by atoms with E-state index in [-0.39, 0.29) is 0 Å². The molecule has 1 fully saturated rings. The minimum atomic E-state index is 0.382. The minimum Gasteiger partial charge on any atom is -0.374 e. The topological polar surface area (TPSA) is 41.7 Å². The number of ether oxygens (including phenoxy) is 1. The lowest BCUT2D eigenvalue weighted by atomic mass is 10.2. The molecule has 0 bridgehead atoms. The standard InChI is InChI=1S/C13H29N3O/c1-3-7-16(8-5-6-14)12-13-11-15(4-2)9-10-17-13/h13H,3-12,14H2,1-2H3. The largest absolute Gasteiger partial charge is 0.374 e. The SMILES string of the molecule is CCCN(CCCN)CC1CN(CC)CCO1. The highest BCUT2D eigenvalue weighted by atomic mass is 16.5. The van der Waals surface area contributed by atoms with E-state index < -0.39 is 0 Å². The number of hydrogen-bond donors (Lipinski definition) is 1. The Bertz CT molecular complexity index is 188. The molecule has 1 aliphatic rings. The van der Waals surface area contributed by atoms with Crippen LogP contribution in [0, 0.1) is 0 Å². The Morgan fingerprint density at radius 1 is 1.35 bits per heavy atom. The Hall–Kier alpha value is -0.160. The maximum Gasteiger partial charge on any atom is 0.0829 e. The molecule has 1 aliphatic heterocycles. The highest BCUT2D eigenvalue weighted by Gasteiger charge is 2.21. The van der Waals surface area contributed by atoms with Crippen molar-refractivity contribution in [2.75, 3.05) is 52.4 Å². The van der Waals surface area contributed by atoms with Crippen LogP contribution in [0.15, 0.2) is 0 Å². The summed E-state index contributed by atoms with van der Waals surface area (Å²) in [6.45, 7) is 12.8. The van der Waals surface area contributed by atoms with Crippen LogP contribution in [0.3, 0.4) is 0 Å². The zero-order chi connectivity index (χ0) is 12.5. The van der Waals surface area contributed by atoms with Crippen LogP contribution in [0.1, 0.15) is 26.7 Å². The van der Waals surface area contributed by atoms with Crippen molar-refractivity contribution >= 4 is 0 Å². The molecule has 1 atom stereocenters. The normalized spacial score (nSPS) is 22.2. The Kier molecular flexibility index (Phi) is 7.77. The van der Waals surface area contributed by atoms with E-state index in [1.807, 2.05) is 0 Å². The van der Waals surface area contributed by atoms with E-state index >= 15 is 0 Å². The number of nitrogens with zero attached hydrogens (tertiary/aromatic N) is 2. The van der Waals surface area contributed by atoms with Crippen molar-refractivity contribution in [3.8, 4) is 0 Å². The highest BCUT2D eigenvalue weighted by Crippen LogP contribution is 2.07. The second kappa shape index (κ2) is 8.86. The molecule has 1 unspecified atom stereocenters. The summed E-state index contributed by atoms with van der Waals surface area (Å²) in [5.41, 5.74) is 5.58. The Labute approximate surface area is 106 Å². The number of likely N-dealkylation sites (N-methyl/N-ethyl adjacent to an activating group) is 1. The molecule has 102 valence electrons. The van der Waals surface area contributed by atoms with E-state index in [1.165, 1.54) is 6.42 Å². The molecule has 4 nitrogen and oxygen atoms in total. The highest BCUT2D eigenvalue weighted by molar-refractivity contribution is 4.74. The first-order valence-corrected chi connectivity index (χ1v) is 7.06. The minimum absolute atomic E-state index is 0.382. The van der Waals surface area contributed by atoms with E-state index in [1.54, 1.807) is 0 Å². The fourth-order valence-corrected chi connectivity index (χ4v) is 2.39. The third kappa shape index (κ3) is 5.82. The predicted octanol–water partition coefficient (Wildman–Crippen LogP) is 0.768. The molecule has 0 aromatic carbocycles. The molecule has 0 aliphatic carbocycles. The lowest BCUT2D eigenvalue weighted by molar-refractivity contribution is -0.0418. The molecule has 0 spiro atoms. The van der Waals surface area contributed by atoms with Crippen LogP contribution < -0.4 is 5.73 Å². The quantitative estimate of drug-likeness (QED) is 0.684. The van der Waals surface area contributed by atoms with Gasteiger partial charge in [-0.3, -0.25) is 4.90 Å². The lowest BCUT2D eigenvalue weighted by Gasteiger charge is -2.35. The molecular weight excluding hydrogens is 214 g/mol. The Morgan fingerprint density at radius 3 is 2.82 bits per heavy atom. The molecule has 0 amide bonds. The van der Waals surface area contributed by atoms with Crippen molar-refractivity contribution in [3.63, 3.8) is 0 Å². The molecule has 4 heteroatoms. The van der Waals surface area contributed by atoms with Gasteiger partial charge in [0.25, 0.3) is 0 Å². The summed E-state index contributed by atoms with van der Waals surface area (Å²) in [7, 11) is 0. The van der Waals surface area contributed by atoms with Crippen LogP contribution in [-0.2, 0) is 4.74 Å². The zero-order valence-corrected chi connectivity index (χ0v) is 11.5. The Balaban J connectivity index is 2.31. The van der Waals surface area contributed by atoms with E-state index in [4.69, 9.17) is 10.5 Å². The molecule has 1 rings (SSSR count). The van der Waals surface area contributed by atoms with Crippen LogP contribution >= 0.6 is 0 Å². The van der Waals surface area contributed by atoms with Gasteiger partial charge in [0, 0.05) is 19.6 Å². The first-order valence-electron chi connectivity index (χ1n) is 7.06. The molecule has 1 saturated heterocycles. The van der Waals surface area contributed by atoms with Crippen molar-refractivity contribution in [3.05, 3.63) is 0 Å². The molecule has 2 N–H and O–H groups in total. The lowest BCUT2D eigenvalue weighted by Crippen LogP contribution is -2.47. The summed E-state index contributed by atoms with van der Waals surface area (Å²) in [6.07, 6.45) is 2.67. The maximum atomic E-state index is 5.85. The van der Waals surface area contributed by atoms with E-state index in [9.17, 15) is 0 Å². The molecule has 1 heterocycles. The van der Waals surface area contributed by atoms with Gasteiger partial charge in [0.1, 0.15) is 0 Å². The average molecular weight is 243 g/mol. The monoisotopic (exact) mass is 243 g/mol. The van der Waals surface area contributed by atoms with Crippen molar-refractivity contribution in [1.29, 1.82) is 0 Å². The smallest absolute Gasteiger partial charge is 0.0829 e. The second-order valence-electron chi connectivity index (χ2n) is 4.83. The first kappa shape index (κ1) is 14.9. The van der Waals surface area contributed by atoms with Gasteiger partial charge in [0.2, 0.25) is 0 Å². The van der Waals surface area contributed by atoms with Gasteiger partial charge < -0.3 is 15.4 Å². The summed E-state index contributed by atoms with van der Waals surface area (Å²) in [5, 5.41) is 0. The number of rotatable bonds is 8. The van der Waals surface area contributed by atoms with Crippen LogP contribution in [0.2, 0.25) is 0 Å². The van der Waals surface area contributed by atoms with Crippen LogP contribution in [0.4, 0.5) is 0 Å². The van der Waals surface area contributed by atoms with Crippen molar-refractivity contribution in [1.82, 2.24) is 9.80 Å². The molecule has 0 radical (unpaired) electrons. The van der Waals surface area contributed by atoms with Gasteiger partial charge in [-0.1, -0.05) is 13.8 Å².